The SMILES string of the molecule is CN(Cc1ccc2nonc2c1)C(=O)c1cnc(COc2ccccc2)[nH]c1=O. The van der Waals surface area contributed by atoms with Crippen molar-refractivity contribution in [1.29, 1.82) is 0 Å². The van der Waals surface area contributed by atoms with Gasteiger partial charge in [0.15, 0.2) is 0 Å². The van der Waals surface area contributed by atoms with E-state index in [2.05, 4.69) is 24.9 Å². The van der Waals surface area contributed by atoms with Gasteiger partial charge in [-0.15, -0.1) is 0 Å². The number of rotatable bonds is 6. The Bertz CT molecular complexity index is 1200. The van der Waals surface area contributed by atoms with Crippen molar-refractivity contribution in [2.75, 3.05) is 7.05 Å². The van der Waals surface area contributed by atoms with E-state index >= 15 is 0 Å². The molecule has 9 nitrogen and oxygen atoms in total. The Balaban J connectivity index is 1.44. The summed E-state index contributed by atoms with van der Waals surface area (Å²) in [4.78, 5) is 33.2. The molecule has 0 unspecified atom stereocenters. The molecular weight excluding hydrogens is 374 g/mol. The summed E-state index contributed by atoms with van der Waals surface area (Å²) in [5, 5.41) is 7.53. The molecule has 0 spiro atoms. The lowest BCUT2D eigenvalue weighted by Gasteiger charge is -2.16. The van der Waals surface area contributed by atoms with E-state index in [1.807, 2.05) is 24.3 Å². The summed E-state index contributed by atoms with van der Waals surface area (Å²) in [6.45, 7) is 0.384. The van der Waals surface area contributed by atoms with Crippen LogP contribution < -0.4 is 10.3 Å². The molecule has 9 heteroatoms. The maximum Gasteiger partial charge on any atom is 0.263 e. The second-order valence-corrected chi connectivity index (χ2v) is 6.42. The Kier molecular flexibility index (Phi) is 5.02. The number of hydrogen-bond donors (Lipinski definition) is 1. The Morgan fingerprint density at radius 2 is 1.93 bits per heavy atom. The van der Waals surface area contributed by atoms with Crippen molar-refractivity contribution in [3.63, 3.8) is 0 Å². The van der Waals surface area contributed by atoms with Crippen LogP contribution in [-0.2, 0) is 13.2 Å². The molecule has 1 N–H and O–H groups in total. The van der Waals surface area contributed by atoms with E-state index in [-0.39, 0.29) is 12.2 Å². The third-order valence-corrected chi connectivity index (χ3v) is 4.29. The number of carbonyl (C=O) groups excluding carboxylic acids is 1. The van der Waals surface area contributed by atoms with Crippen molar-refractivity contribution in [1.82, 2.24) is 25.2 Å². The third-order valence-electron chi connectivity index (χ3n) is 4.29. The van der Waals surface area contributed by atoms with Crippen LogP contribution >= 0.6 is 0 Å². The number of fused-ring (bicyclic) bond motifs is 1. The van der Waals surface area contributed by atoms with Gasteiger partial charge in [0.2, 0.25) is 0 Å². The molecule has 0 saturated carbocycles. The summed E-state index contributed by atoms with van der Waals surface area (Å²) >= 11 is 0. The van der Waals surface area contributed by atoms with Gasteiger partial charge in [0.25, 0.3) is 11.5 Å². The number of carbonyl (C=O) groups is 1. The number of hydrogen-bond acceptors (Lipinski definition) is 7. The van der Waals surface area contributed by atoms with Gasteiger partial charge < -0.3 is 14.6 Å². The average molecular weight is 391 g/mol. The number of H-pyrrole nitrogens is 1. The highest BCUT2D eigenvalue weighted by Crippen LogP contribution is 2.14. The van der Waals surface area contributed by atoms with E-state index in [1.165, 1.54) is 11.1 Å². The van der Waals surface area contributed by atoms with Gasteiger partial charge in [-0.25, -0.2) is 9.61 Å². The summed E-state index contributed by atoms with van der Waals surface area (Å²) < 4.78 is 10.2. The Morgan fingerprint density at radius 3 is 2.72 bits per heavy atom. The Labute approximate surface area is 164 Å². The largest absolute Gasteiger partial charge is 0.486 e. The second kappa shape index (κ2) is 7.93. The molecule has 1 amide bonds. The number of aromatic amines is 1. The van der Waals surface area contributed by atoms with E-state index in [0.717, 1.165) is 5.56 Å². The number of nitrogens with zero attached hydrogens (tertiary/aromatic N) is 4. The van der Waals surface area contributed by atoms with E-state index in [4.69, 9.17) is 4.74 Å². The van der Waals surface area contributed by atoms with Gasteiger partial charge >= 0.3 is 0 Å². The van der Waals surface area contributed by atoms with Crippen LogP contribution in [0, 0.1) is 0 Å². The lowest BCUT2D eigenvalue weighted by molar-refractivity contribution is 0.0782. The molecule has 0 saturated heterocycles. The maximum absolute atomic E-state index is 12.7. The minimum atomic E-state index is -0.514. The van der Waals surface area contributed by atoms with Crippen molar-refractivity contribution in [3.05, 3.63) is 82.0 Å². The van der Waals surface area contributed by atoms with Crippen molar-refractivity contribution >= 4 is 16.9 Å². The lowest BCUT2D eigenvalue weighted by Crippen LogP contribution is -2.32. The molecule has 0 fully saturated rings. The monoisotopic (exact) mass is 391 g/mol. The number of para-hydroxylation sites is 1. The first-order valence-corrected chi connectivity index (χ1v) is 8.83. The zero-order valence-corrected chi connectivity index (χ0v) is 15.5. The van der Waals surface area contributed by atoms with Crippen molar-refractivity contribution in [3.8, 4) is 5.75 Å². The summed E-state index contributed by atoms with van der Waals surface area (Å²) in [5.41, 5.74) is 1.52. The molecule has 0 aliphatic rings. The van der Waals surface area contributed by atoms with Crippen LogP contribution in [0.2, 0.25) is 0 Å². The van der Waals surface area contributed by atoms with Crippen LogP contribution in [0.25, 0.3) is 11.0 Å². The Hall–Kier alpha value is -4.01. The fraction of sp³-hybridized carbons (Fsp3) is 0.150. The predicted octanol–water partition coefficient (Wildman–Crippen LogP) is 2.16. The molecule has 0 aliphatic carbocycles. The molecule has 4 aromatic rings. The summed E-state index contributed by atoms with van der Waals surface area (Å²) in [6, 6.07) is 14.5. The highest BCUT2D eigenvalue weighted by molar-refractivity contribution is 5.93. The van der Waals surface area contributed by atoms with Gasteiger partial charge in [0.05, 0.1) is 0 Å². The highest BCUT2D eigenvalue weighted by atomic mass is 16.6. The summed E-state index contributed by atoms with van der Waals surface area (Å²) in [7, 11) is 1.61. The Morgan fingerprint density at radius 1 is 1.14 bits per heavy atom. The topological polar surface area (TPSA) is 114 Å². The molecule has 0 radical (unpaired) electrons. The maximum atomic E-state index is 12.7. The smallest absolute Gasteiger partial charge is 0.263 e. The molecule has 4 rings (SSSR count). The molecule has 29 heavy (non-hydrogen) atoms. The standard InChI is InChI=1S/C20H17N5O4/c1-25(11-13-7-8-16-17(9-13)24-29-23-16)20(27)15-10-21-18(22-19(15)26)12-28-14-5-3-2-4-6-14/h2-10H,11-12H2,1H3,(H,21,22,26). The number of aromatic nitrogens is 4. The van der Waals surface area contributed by atoms with Crippen LogP contribution in [0.15, 0.2) is 64.2 Å². The van der Waals surface area contributed by atoms with Gasteiger partial charge in [-0.1, -0.05) is 24.3 Å². The molecule has 0 atom stereocenters. The minimum Gasteiger partial charge on any atom is -0.486 e. The van der Waals surface area contributed by atoms with Gasteiger partial charge in [0.1, 0.15) is 34.8 Å². The van der Waals surface area contributed by atoms with Crippen LogP contribution in [0.5, 0.6) is 5.75 Å². The number of amides is 1. The van der Waals surface area contributed by atoms with Crippen LogP contribution in [0.4, 0.5) is 0 Å². The quantitative estimate of drug-likeness (QED) is 0.536. The molecule has 0 aliphatic heterocycles. The van der Waals surface area contributed by atoms with E-state index in [0.29, 0.717) is 29.2 Å². The second-order valence-electron chi connectivity index (χ2n) is 6.42. The first-order chi connectivity index (χ1) is 14.1. The van der Waals surface area contributed by atoms with Crippen LogP contribution in [0.3, 0.4) is 0 Å². The third kappa shape index (κ3) is 4.13. The highest BCUT2D eigenvalue weighted by Gasteiger charge is 2.17. The van der Waals surface area contributed by atoms with Gasteiger partial charge in [0, 0.05) is 19.8 Å². The van der Waals surface area contributed by atoms with Gasteiger partial charge in [-0.3, -0.25) is 9.59 Å². The van der Waals surface area contributed by atoms with Gasteiger partial charge in [-0.05, 0) is 40.1 Å². The van der Waals surface area contributed by atoms with Crippen LogP contribution in [-0.4, -0.2) is 38.1 Å². The molecule has 2 heterocycles. The number of ether oxygens (including phenoxy) is 1. The van der Waals surface area contributed by atoms with E-state index in [1.54, 1.807) is 31.3 Å². The molecular formula is C20H17N5O4. The summed E-state index contributed by atoms with van der Waals surface area (Å²) in [5.74, 6) is 0.559. The van der Waals surface area contributed by atoms with Crippen molar-refractivity contribution in [2.24, 2.45) is 0 Å². The zero-order valence-electron chi connectivity index (χ0n) is 15.5. The first kappa shape index (κ1) is 18.4. The van der Waals surface area contributed by atoms with Gasteiger partial charge in [-0.2, -0.15) is 0 Å². The molecule has 0 bridgehead atoms. The molecule has 2 aromatic heterocycles. The van der Waals surface area contributed by atoms with Crippen molar-refractivity contribution in [2.45, 2.75) is 13.2 Å². The fourth-order valence-electron chi connectivity index (χ4n) is 2.80. The van der Waals surface area contributed by atoms with E-state index in [9.17, 15) is 9.59 Å². The number of nitrogens with one attached hydrogen (secondary N) is 1. The average Bonchev–Trinajstić information content (AvgIpc) is 3.20. The molecule has 146 valence electrons. The minimum absolute atomic E-state index is 0.0415. The zero-order chi connectivity index (χ0) is 20.2. The fourth-order valence-corrected chi connectivity index (χ4v) is 2.80. The summed E-state index contributed by atoms with van der Waals surface area (Å²) in [6.07, 6.45) is 1.27. The normalized spacial score (nSPS) is 10.8. The first-order valence-electron chi connectivity index (χ1n) is 8.83. The lowest BCUT2D eigenvalue weighted by atomic mass is 10.2. The van der Waals surface area contributed by atoms with Crippen LogP contribution in [0.1, 0.15) is 21.7 Å². The number of benzene rings is 2. The predicted molar refractivity (Wildman–Crippen MR) is 103 cm³/mol. The molecule has 2 aromatic carbocycles. The van der Waals surface area contributed by atoms with E-state index < -0.39 is 11.5 Å². The van der Waals surface area contributed by atoms with Crippen molar-refractivity contribution < 1.29 is 14.2 Å².